The molecule has 0 radical (unpaired) electrons. The summed E-state index contributed by atoms with van der Waals surface area (Å²) in [5.41, 5.74) is 0.299. The van der Waals surface area contributed by atoms with Gasteiger partial charge in [0.15, 0.2) is 0 Å². The summed E-state index contributed by atoms with van der Waals surface area (Å²) in [6, 6.07) is 4.96. The first-order chi connectivity index (χ1) is 13.0. The summed E-state index contributed by atoms with van der Waals surface area (Å²) in [4.78, 5) is 51.7. The van der Waals surface area contributed by atoms with Gasteiger partial charge in [0, 0.05) is 13.0 Å². The second-order valence-electron chi connectivity index (χ2n) is 7.24. The average Bonchev–Trinajstić information content (AvgIpc) is 2.58. The zero-order valence-electron chi connectivity index (χ0n) is 16.5. The summed E-state index contributed by atoms with van der Waals surface area (Å²) in [5, 5.41) is 0. The molecule has 0 N–H and O–H groups in total. The number of rotatable bonds is 5. The number of ether oxygens (including phenoxy) is 2. The maximum absolute atomic E-state index is 13.4. The molecule has 0 saturated carbocycles. The van der Waals surface area contributed by atoms with Gasteiger partial charge in [0.25, 0.3) is 0 Å². The third kappa shape index (κ3) is 4.37. The number of esters is 2. The fourth-order valence-electron chi connectivity index (χ4n) is 3.20. The zero-order chi connectivity index (χ0) is 21.2. The molecule has 28 heavy (non-hydrogen) atoms. The van der Waals surface area contributed by atoms with E-state index in [4.69, 9.17) is 9.47 Å². The molecule has 7 nitrogen and oxygen atoms in total. The molecule has 1 heterocycles. The Morgan fingerprint density at radius 3 is 1.64 bits per heavy atom. The van der Waals surface area contributed by atoms with Crippen molar-refractivity contribution in [3.63, 3.8) is 0 Å². The SMILES string of the molecule is CC(C)OC(=O)[C@@H]1C(=O)N(C)C(=O)[C@H](C(=O)OC(C)C)[C@@H]1c1ccc(F)cc1. The molecule has 1 aliphatic rings. The van der Waals surface area contributed by atoms with Crippen LogP contribution in [0.15, 0.2) is 24.3 Å². The Morgan fingerprint density at radius 1 is 0.893 bits per heavy atom. The lowest BCUT2D eigenvalue weighted by molar-refractivity contribution is -0.173. The maximum atomic E-state index is 13.4. The van der Waals surface area contributed by atoms with Gasteiger partial charge in [0.05, 0.1) is 12.2 Å². The Hall–Kier alpha value is -2.77. The number of benzene rings is 1. The molecule has 0 aliphatic carbocycles. The van der Waals surface area contributed by atoms with Gasteiger partial charge in [-0.15, -0.1) is 0 Å². The van der Waals surface area contributed by atoms with Crippen molar-refractivity contribution in [2.75, 3.05) is 7.05 Å². The Bertz CT molecular complexity index is 731. The molecule has 0 unspecified atom stereocenters. The molecule has 1 fully saturated rings. The zero-order valence-corrected chi connectivity index (χ0v) is 16.5. The van der Waals surface area contributed by atoms with Crippen molar-refractivity contribution in [3.05, 3.63) is 35.6 Å². The minimum absolute atomic E-state index is 0.299. The van der Waals surface area contributed by atoms with E-state index in [2.05, 4.69) is 0 Å². The molecule has 152 valence electrons. The molecule has 1 saturated heterocycles. The van der Waals surface area contributed by atoms with Gasteiger partial charge in [-0.05, 0) is 45.4 Å². The van der Waals surface area contributed by atoms with Crippen LogP contribution in [-0.2, 0) is 28.7 Å². The van der Waals surface area contributed by atoms with Crippen LogP contribution in [0.25, 0.3) is 0 Å². The van der Waals surface area contributed by atoms with Crippen molar-refractivity contribution >= 4 is 23.8 Å². The highest BCUT2D eigenvalue weighted by molar-refractivity contribution is 6.14. The predicted octanol–water partition coefficient (Wildman–Crippen LogP) is 2.04. The third-order valence-corrected chi connectivity index (χ3v) is 4.38. The Morgan fingerprint density at radius 2 is 1.29 bits per heavy atom. The molecule has 2 rings (SSSR count). The van der Waals surface area contributed by atoms with Gasteiger partial charge < -0.3 is 9.47 Å². The van der Waals surface area contributed by atoms with Gasteiger partial charge in [-0.2, -0.15) is 0 Å². The lowest BCUT2D eigenvalue weighted by Crippen LogP contribution is -2.56. The van der Waals surface area contributed by atoms with Crippen LogP contribution in [0.1, 0.15) is 39.2 Å². The molecule has 0 spiro atoms. The number of halogens is 1. The second kappa shape index (κ2) is 8.50. The van der Waals surface area contributed by atoms with Crippen LogP contribution >= 0.6 is 0 Å². The van der Waals surface area contributed by atoms with E-state index in [1.807, 2.05) is 0 Å². The lowest BCUT2D eigenvalue weighted by atomic mass is 9.72. The molecular formula is C20H24FNO6. The second-order valence-corrected chi connectivity index (χ2v) is 7.24. The summed E-state index contributed by atoms with van der Waals surface area (Å²) < 4.78 is 23.8. The predicted molar refractivity (Wildman–Crippen MR) is 96.4 cm³/mol. The molecule has 2 amide bonds. The summed E-state index contributed by atoms with van der Waals surface area (Å²) in [7, 11) is 1.21. The Balaban J connectivity index is 2.60. The molecule has 8 heteroatoms. The molecule has 0 aromatic heterocycles. The quantitative estimate of drug-likeness (QED) is 0.432. The number of hydrogen-bond acceptors (Lipinski definition) is 6. The fraction of sp³-hybridized carbons (Fsp3) is 0.500. The Labute approximate surface area is 162 Å². The average molecular weight is 393 g/mol. The lowest BCUT2D eigenvalue weighted by Gasteiger charge is -2.38. The van der Waals surface area contributed by atoms with Crippen LogP contribution in [0.2, 0.25) is 0 Å². The molecule has 0 bridgehead atoms. The standard InChI is InChI=1S/C20H24FNO6/c1-10(2)27-19(25)15-14(12-6-8-13(21)9-7-12)16(20(26)28-11(3)4)18(24)22(5)17(15)23/h6-11,14-16H,1-5H3/t14-,15+,16-. The van der Waals surface area contributed by atoms with Gasteiger partial charge in [0.2, 0.25) is 11.8 Å². The smallest absolute Gasteiger partial charge is 0.319 e. The van der Waals surface area contributed by atoms with E-state index in [1.54, 1.807) is 27.7 Å². The van der Waals surface area contributed by atoms with Crippen molar-refractivity contribution in [2.45, 2.75) is 45.8 Å². The largest absolute Gasteiger partial charge is 0.462 e. The van der Waals surface area contributed by atoms with E-state index in [1.165, 1.54) is 19.2 Å². The maximum Gasteiger partial charge on any atom is 0.319 e. The summed E-state index contributed by atoms with van der Waals surface area (Å²) >= 11 is 0. The highest BCUT2D eigenvalue weighted by atomic mass is 19.1. The van der Waals surface area contributed by atoms with E-state index >= 15 is 0 Å². The van der Waals surface area contributed by atoms with Crippen LogP contribution in [-0.4, -0.2) is 47.9 Å². The first-order valence-corrected chi connectivity index (χ1v) is 9.02. The highest BCUT2D eigenvalue weighted by Gasteiger charge is 2.55. The molecule has 1 aromatic rings. The first kappa shape index (κ1) is 21.5. The van der Waals surface area contributed by atoms with Crippen LogP contribution in [0.4, 0.5) is 4.39 Å². The van der Waals surface area contributed by atoms with Gasteiger partial charge >= 0.3 is 11.9 Å². The molecular weight excluding hydrogens is 369 g/mol. The number of nitrogens with zero attached hydrogens (tertiary/aromatic N) is 1. The van der Waals surface area contributed by atoms with Crippen LogP contribution in [0.5, 0.6) is 0 Å². The van der Waals surface area contributed by atoms with Crippen molar-refractivity contribution in [1.82, 2.24) is 4.90 Å². The molecule has 1 aromatic carbocycles. The number of hydrogen-bond donors (Lipinski definition) is 0. The van der Waals surface area contributed by atoms with Crippen molar-refractivity contribution in [1.29, 1.82) is 0 Å². The third-order valence-electron chi connectivity index (χ3n) is 4.38. The topological polar surface area (TPSA) is 90.0 Å². The fourth-order valence-corrected chi connectivity index (χ4v) is 3.20. The Kier molecular flexibility index (Phi) is 6.53. The van der Waals surface area contributed by atoms with Crippen LogP contribution in [0.3, 0.4) is 0 Å². The minimum atomic E-state index is -1.43. The number of likely N-dealkylation sites (tertiary alicyclic amines) is 1. The van der Waals surface area contributed by atoms with Gasteiger partial charge in [-0.1, -0.05) is 12.1 Å². The van der Waals surface area contributed by atoms with Gasteiger partial charge in [0.1, 0.15) is 17.7 Å². The van der Waals surface area contributed by atoms with Crippen molar-refractivity contribution < 1.29 is 33.0 Å². The number of carbonyl (C=O) groups is 4. The van der Waals surface area contributed by atoms with Crippen LogP contribution < -0.4 is 0 Å². The monoisotopic (exact) mass is 393 g/mol. The minimum Gasteiger partial charge on any atom is -0.462 e. The van der Waals surface area contributed by atoms with E-state index in [0.717, 1.165) is 17.0 Å². The summed E-state index contributed by atoms with van der Waals surface area (Å²) in [6.07, 6.45) is -1.00. The molecule has 3 atom stereocenters. The normalized spacial score (nSPS) is 22.6. The number of amides is 2. The highest BCUT2D eigenvalue weighted by Crippen LogP contribution is 2.40. The van der Waals surface area contributed by atoms with E-state index in [0.29, 0.717) is 5.56 Å². The number of carbonyl (C=O) groups excluding carboxylic acids is 4. The van der Waals surface area contributed by atoms with E-state index in [9.17, 15) is 23.6 Å². The van der Waals surface area contributed by atoms with Crippen molar-refractivity contribution in [2.24, 2.45) is 11.8 Å². The van der Waals surface area contributed by atoms with E-state index in [-0.39, 0.29) is 0 Å². The van der Waals surface area contributed by atoms with Crippen molar-refractivity contribution in [3.8, 4) is 0 Å². The van der Waals surface area contributed by atoms with Gasteiger partial charge in [-0.3, -0.25) is 24.1 Å². The number of imide groups is 1. The number of piperidine rings is 1. The van der Waals surface area contributed by atoms with Gasteiger partial charge in [-0.25, -0.2) is 4.39 Å². The molecule has 1 aliphatic heterocycles. The summed E-state index contributed by atoms with van der Waals surface area (Å²) in [6.45, 7) is 6.49. The summed E-state index contributed by atoms with van der Waals surface area (Å²) in [5.74, 6) is -7.81. The van der Waals surface area contributed by atoms with E-state index < -0.39 is 59.5 Å². The van der Waals surface area contributed by atoms with Crippen LogP contribution in [0, 0.1) is 17.7 Å². The first-order valence-electron chi connectivity index (χ1n) is 9.02.